The second-order valence-electron chi connectivity index (χ2n) is 3.34. The van der Waals surface area contributed by atoms with Crippen molar-refractivity contribution in [3.63, 3.8) is 0 Å². The Bertz CT molecular complexity index is 564. The quantitative estimate of drug-likeness (QED) is 0.619. The molecule has 7 nitrogen and oxygen atoms in total. The Hall–Kier alpha value is -2.57. The lowest BCUT2D eigenvalue weighted by atomic mass is 10.1. The van der Waals surface area contributed by atoms with Crippen molar-refractivity contribution in [2.75, 3.05) is 12.8 Å². The molecular weight excluding hydrogens is 224 g/mol. The fourth-order valence-electron chi connectivity index (χ4n) is 1.51. The van der Waals surface area contributed by atoms with E-state index in [0.29, 0.717) is 22.7 Å². The van der Waals surface area contributed by atoms with Crippen LogP contribution in [0.25, 0.3) is 11.3 Å². The Morgan fingerprint density at radius 3 is 2.82 bits per heavy atom. The van der Waals surface area contributed by atoms with Crippen LogP contribution in [-0.4, -0.2) is 22.2 Å². The summed E-state index contributed by atoms with van der Waals surface area (Å²) in [5.41, 5.74) is 7.34. The van der Waals surface area contributed by atoms with Crippen LogP contribution >= 0.6 is 0 Å². The van der Waals surface area contributed by atoms with E-state index < -0.39 is 4.92 Å². The Balaban J connectivity index is 2.56. The minimum Gasteiger partial charge on any atom is -0.496 e. The Kier molecular flexibility index (Phi) is 2.65. The molecule has 17 heavy (non-hydrogen) atoms. The first kappa shape index (κ1) is 10.9. The number of hydrogen-bond donors (Lipinski definition) is 2. The van der Waals surface area contributed by atoms with Crippen molar-refractivity contribution in [1.82, 2.24) is 10.2 Å². The van der Waals surface area contributed by atoms with Gasteiger partial charge in [-0.15, -0.1) is 0 Å². The molecule has 0 bridgehead atoms. The molecule has 1 aromatic carbocycles. The van der Waals surface area contributed by atoms with Crippen molar-refractivity contribution in [1.29, 1.82) is 0 Å². The third kappa shape index (κ3) is 1.89. The fourth-order valence-corrected chi connectivity index (χ4v) is 1.51. The van der Waals surface area contributed by atoms with Gasteiger partial charge in [-0.25, -0.2) is 0 Å². The summed E-state index contributed by atoms with van der Waals surface area (Å²) in [5.74, 6) is 0.371. The van der Waals surface area contributed by atoms with E-state index in [1.807, 2.05) is 0 Å². The van der Waals surface area contributed by atoms with Gasteiger partial charge in [0.05, 0.1) is 35.7 Å². The van der Waals surface area contributed by atoms with Crippen LogP contribution in [0, 0.1) is 10.1 Å². The molecule has 1 heterocycles. The summed E-state index contributed by atoms with van der Waals surface area (Å²) in [6.07, 6.45) is 1.47. The summed E-state index contributed by atoms with van der Waals surface area (Å²) in [7, 11) is 1.44. The lowest BCUT2D eigenvalue weighted by Gasteiger charge is -2.07. The van der Waals surface area contributed by atoms with Crippen LogP contribution in [0.15, 0.2) is 24.4 Å². The fraction of sp³-hybridized carbons (Fsp3) is 0.100. The van der Waals surface area contributed by atoms with Crippen LogP contribution in [0.1, 0.15) is 0 Å². The monoisotopic (exact) mass is 234 g/mol. The standard InChI is InChI=1S/C10H10N4O3/c1-17-9-4-6(14(15)16)2-3-7(9)10-8(11)5-12-13-10/h2-5H,11H2,1H3,(H,12,13). The average Bonchev–Trinajstić information content (AvgIpc) is 2.74. The zero-order valence-electron chi connectivity index (χ0n) is 9.01. The molecule has 1 aromatic heterocycles. The first-order chi connectivity index (χ1) is 8.13. The number of nitrogen functional groups attached to an aromatic ring is 1. The van der Waals surface area contributed by atoms with Crippen molar-refractivity contribution in [3.05, 3.63) is 34.5 Å². The third-order valence-corrected chi connectivity index (χ3v) is 2.33. The van der Waals surface area contributed by atoms with E-state index in [1.54, 1.807) is 6.07 Å². The summed E-state index contributed by atoms with van der Waals surface area (Å²) in [4.78, 5) is 10.2. The highest BCUT2D eigenvalue weighted by molar-refractivity contribution is 5.77. The molecule has 0 radical (unpaired) electrons. The van der Waals surface area contributed by atoms with E-state index in [1.165, 1.54) is 25.4 Å². The van der Waals surface area contributed by atoms with Crippen LogP contribution in [0.3, 0.4) is 0 Å². The summed E-state index contributed by atoms with van der Waals surface area (Å²) >= 11 is 0. The number of nitrogens with zero attached hydrogens (tertiary/aromatic N) is 2. The van der Waals surface area contributed by atoms with Crippen LogP contribution in [0.4, 0.5) is 11.4 Å². The Morgan fingerprint density at radius 1 is 1.53 bits per heavy atom. The molecule has 2 rings (SSSR count). The molecule has 0 atom stereocenters. The maximum Gasteiger partial charge on any atom is 0.273 e. The van der Waals surface area contributed by atoms with Gasteiger partial charge in [-0.2, -0.15) is 5.10 Å². The maximum atomic E-state index is 10.6. The number of methoxy groups -OCH3 is 1. The molecule has 0 aliphatic heterocycles. The molecule has 88 valence electrons. The van der Waals surface area contributed by atoms with Gasteiger partial charge in [0.1, 0.15) is 5.75 Å². The number of nitrogens with one attached hydrogen (secondary N) is 1. The zero-order valence-corrected chi connectivity index (χ0v) is 9.01. The van der Waals surface area contributed by atoms with Gasteiger partial charge in [0.25, 0.3) is 5.69 Å². The smallest absolute Gasteiger partial charge is 0.273 e. The van der Waals surface area contributed by atoms with Crippen molar-refractivity contribution >= 4 is 11.4 Å². The van der Waals surface area contributed by atoms with E-state index >= 15 is 0 Å². The molecule has 0 saturated heterocycles. The van der Waals surface area contributed by atoms with Crippen LogP contribution < -0.4 is 10.5 Å². The van der Waals surface area contributed by atoms with Gasteiger partial charge in [0, 0.05) is 11.6 Å². The number of non-ortho nitro benzene ring substituents is 1. The number of benzene rings is 1. The largest absolute Gasteiger partial charge is 0.496 e. The van der Waals surface area contributed by atoms with Crippen molar-refractivity contribution in [2.45, 2.75) is 0 Å². The van der Waals surface area contributed by atoms with Crippen LogP contribution in [0.2, 0.25) is 0 Å². The predicted molar refractivity (Wildman–Crippen MR) is 61.6 cm³/mol. The molecule has 7 heteroatoms. The topological polar surface area (TPSA) is 107 Å². The number of nitro groups is 1. The van der Waals surface area contributed by atoms with Crippen molar-refractivity contribution < 1.29 is 9.66 Å². The summed E-state index contributed by atoms with van der Waals surface area (Å²) in [6, 6.07) is 4.30. The summed E-state index contributed by atoms with van der Waals surface area (Å²) in [5, 5.41) is 17.2. The highest BCUT2D eigenvalue weighted by Gasteiger charge is 2.15. The van der Waals surface area contributed by atoms with E-state index in [-0.39, 0.29) is 5.69 Å². The number of nitro benzene ring substituents is 1. The van der Waals surface area contributed by atoms with Crippen LogP contribution in [0.5, 0.6) is 5.75 Å². The van der Waals surface area contributed by atoms with Gasteiger partial charge in [0.2, 0.25) is 0 Å². The molecule has 0 fully saturated rings. The number of H-pyrrole nitrogens is 1. The molecule has 0 unspecified atom stereocenters. The summed E-state index contributed by atoms with van der Waals surface area (Å²) < 4.78 is 5.11. The van der Waals surface area contributed by atoms with E-state index in [0.717, 1.165) is 0 Å². The zero-order chi connectivity index (χ0) is 12.4. The van der Waals surface area contributed by atoms with Gasteiger partial charge in [-0.3, -0.25) is 15.2 Å². The maximum absolute atomic E-state index is 10.6. The molecule has 0 aliphatic rings. The normalized spacial score (nSPS) is 10.2. The highest BCUT2D eigenvalue weighted by atomic mass is 16.6. The minimum absolute atomic E-state index is 0.0383. The number of anilines is 1. The number of aromatic amines is 1. The lowest BCUT2D eigenvalue weighted by Crippen LogP contribution is -1.94. The molecule has 0 amide bonds. The van der Waals surface area contributed by atoms with Gasteiger partial charge < -0.3 is 10.5 Å². The first-order valence-corrected chi connectivity index (χ1v) is 4.75. The van der Waals surface area contributed by atoms with E-state index in [2.05, 4.69) is 10.2 Å². The number of nitrogens with two attached hydrogens (primary N) is 1. The number of rotatable bonds is 3. The highest BCUT2D eigenvalue weighted by Crippen LogP contribution is 2.34. The van der Waals surface area contributed by atoms with Crippen molar-refractivity contribution in [2.24, 2.45) is 0 Å². The molecule has 2 aromatic rings. The van der Waals surface area contributed by atoms with E-state index in [4.69, 9.17) is 10.5 Å². The Morgan fingerprint density at radius 2 is 2.29 bits per heavy atom. The third-order valence-electron chi connectivity index (χ3n) is 2.33. The van der Waals surface area contributed by atoms with Gasteiger partial charge >= 0.3 is 0 Å². The van der Waals surface area contributed by atoms with E-state index in [9.17, 15) is 10.1 Å². The predicted octanol–water partition coefficient (Wildman–Crippen LogP) is 1.58. The molecule has 3 N–H and O–H groups in total. The SMILES string of the molecule is COc1cc([N+](=O)[O-])ccc1-c1[nH]ncc1N. The van der Waals surface area contributed by atoms with Gasteiger partial charge in [-0.1, -0.05) is 0 Å². The number of aromatic nitrogens is 2. The summed E-state index contributed by atoms with van der Waals surface area (Å²) in [6.45, 7) is 0. The molecular formula is C10H10N4O3. The number of hydrogen-bond acceptors (Lipinski definition) is 5. The molecule has 0 saturated carbocycles. The number of ether oxygens (including phenoxy) is 1. The Labute approximate surface area is 96.4 Å². The average molecular weight is 234 g/mol. The second kappa shape index (κ2) is 4.12. The first-order valence-electron chi connectivity index (χ1n) is 4.75. The minimum atomic E-state index is -0.484. The van der Waals surface area contributed by atoms with Crippen LogP contribution in [-0.2, 0) is 0 Å². The molecule has 0 aliphatic carbocycles. The van der Waals surface area contributed by atoms with Gasteiger partial charge in [-0.05, 0) is 6.07 Å². The van der Waals surface area contributed by atoms with Crippen molar-refractivity contribution in [3.8, 4) is 17.0 Å². The van der Waals surface area contributed by atoms with Gasteiger partial charge in [0.15, 0.2) is 0 Å². The second-order valence-corrected chi connectivity index (χ2v) is 3.34. The lowest BCUT2D eigenvalue weighted by molar-refractivity contribution is -0.384. The molecule has 0 spiro atoms.